The van der Waals surface area contributed by atoms with Gasteiger partial charge in [0.1, 0.15) is 0 Å². The molecular formula is C22H33N. The number of benzene rings is 2. The van der Waals surface area contributed by atoms with Crippen molar-refractivity contribution < 1.29 is 0 Å². The molecule has 0 amide bonds. The van der Waals surface area contributed by atoms with E-state index in [1.807, 2.05) is 27.7 Å². The maximum atomic E-state index is 2.38. The largest absolute Gasteiger partial charge is 0.344 e. The fourth-order valence-electron chi connectivity index (χ4n) is 3.12. The minimum Gasteiger partial charge on any atom is -0.344 e. The number of hydrogen-bond donors (Lipinski definition) is 0. The molecule has 23 heavy (non-hydrogen) atoms. The monoisotopic (exact) mass is 311 g/mol. The van der Waals surface area contributed by atoms with Gasteiger partial charge in [-0.15, -0.1) is 0 Å². The lowest BCUT2D eigenvalue weighted by Gasteiger charge is -2.22. The molecule has 0 radical (unpaired) electrons. The Labute approximate surface area is 142 Å². The van der Waals surface area contributed by atoms with Crippen molar-refractivity contribution in [3.05, 3.63) is 47.5 Å². The molecule has 1 aromatic heterocycles. The van der Waals surface area contributed by atoms with Crippen LogP contribution in [0.15, 0.2) is 36.4 Å². The molecule has 1 heterocycles. The predicted molar refractivity (Wildman–Crippen MR) is 107 cm³/mol. The smallest absolute Gasteiger partial charge is 0.0491 e. The van der Waals surface area contributed by atoms with E-state index in [4.69, 9.17) is 0 Å². The molecule has 0 saturated carbocycles. The number of rotatable bonds is 0. The van der Waals surface area contributed by atoms with E-state index in [2.05, 4.69) is 75.7 Å². The number of aryl methyl sites for hydroxylation is 2. The molecule has 0 aliphatic rings. The third-order valence-corrected chi connectivity index (χ3v) is 4.07. The number of hydrogen-bond acceptors (Lipinski definition) is 0. The van der Waals surface area contributed by atoms with Crippen LogP contribution in [-0.4, -0.2) is 4.57 Å². The van der Waals surface area contributed by atoms with Crippen molar-refractivity contribution in [2.45, 2.75) is 60.8 Å². The van der Waals surface area contributed by atoms with Crippen molar-refractivity contribution in [1.82, 2.24) is 4.57 Å². The second-order valence-corrected chi connectivity index (χ2v) is 6.51. The summed E-state index contributed by atoms with van der Waals surface area (Å²) in [6.45, 7) is 17.1. The van der Waals surface area contributed by atoms with E-state index >= 15 is 0 Å². The van der Waals surface area contributed by atoms with E-state index < -0.39 is 0 Å². The van der Waals surface area contributed by atoms with Crippen molar-refractivity contribution in [3.8, 4) is 0 Å². The Morgan fingerprint density at radius 3 is 1.91 bits per heavy atom. The van der Waals surface area contributed by atoms with Crippen molar-refractivity contribution in [3.63, 3.8) is 0 Å². The highest BCUT2D eigenvalue weighted by Gasteiger charge is 2.18. The molecule has 3 rings (SSSR count). The Balaban J connectivity index is 0.000000615. The van der Waals surface area contributed by atoms with Crippen LogP contribution < -0.4 is 0 Å². The second-order valence-electron chi connectivity index (χ2n) is 6.51. The maximum Gasteiger partial charge on any atom is 0.0491 e. The van der Waals surface area contributed by atoms with Gasteiger partial charge >= 0.3 is 0 Å². The summed E-state index contributed by atoms with van der Waals surface area (Å²) in [5.74, 6) is 0. The van der Waals surface area contributed by atoms with Gasteiger partial charge in [0.15, 0.2) is 0 Å². The van der Waals surface area contributed by atoms with Gasteiger partial charge in [-0.2, -0.15) is 0 Å². The maximum absolute atomic E-state index is 2.38. The summed E-state index contributed by atoms with van der Waals surface area (Å²) in [5, 5.41) is 2.72. The van der Waals surface area contributed by atoms with Gasteiger partial charge in [0.25, 0.3) is 0 Å². The highest BCUT2D eigenvalue weighted by atomic mass is 14.9. The molecule has 0 aliphatic heterocycles. The summed E-state index contributed by atoms with van der Waals surface area (Å²) in [6, 6.07) is 13.4. The third-order valence-electron chi connectivity index (χ3n) is 4.07. The molecule has 0 fully saturated rings. The van der Waals surface area contributed by atoms with Gasteiger partial charge in [0.2, 0.25) is 0 Å². The Morgan fingerprint density at radius 1 is 0.783 bits per heavy atom. The van der Waals surface area contributed by atoms with Crippen molar-refractivity contribution in [2.75, 3.05) is 0 Å². The molecule has 1 nitrogen and oxygen atoms in total. The van der Waals surface area contributed by atoms with E-state index in [1.54, 1.807) is 0 Å². The van der Waals surface area contributed by atoms with Crippen LogP contribution in [0, 0.1) is 6.92 Å². The summed E-state index contributed by atoms with van der Waals surface area (Å²) in [5.41, 5.74) is 5.65. The van der Waals surface area contributed by atoms with Gasteiger partial charge in [-0.1, -0.05) is 66.7 Å². The van der Waals surface area contributed by atoms with Crippen LogP contribution in [0.25, 0.3) is 21.8 Å². The fraction of sp³-hybridized carbons (Fsp3) is 0.455. The predicted octanol–water partition coefficient (Wildman–Crippen LogP) is 6.99. The average molecular weight is 312 g/mol. The standard InChI is InChI=1S/C18H21N.2C2H6/c1-12-10-17-14(11-15(12)18(2,3)4)13-8-6-7-9-16(13)19(17)5;2*1-2/h6-11H,1-5H3;2*1-2H3. The van der Waals surface area contributed by atoms with Gasteiger partial charge < -0.3 is 4.57 Å². The number of fused-ring (bicyclic) bond motifs is 3. The van der Waals surface area contributed by atoms with Gasteiger partial charge in [0, 0.05) is 28.9 Å². The normalized spacial score (nSPS) is 10.8. The van der Waals surface area contributed by atoms with Gasteiger partial charge in [-0.05, 0) is 41.7 Å². The quantitative estimate of drug-likeness (QED) is 0.421. The summed E-state index contributed by atoms with van der Waals surface area (Å²) in [7, 11) is 2.15. The summed E-state index contributed by atoms with van der Waals surface area (Å²) in [4.78, 5) is 0. The van der Waals surface area contributed by atoms with Gasteiger partial charge in [0.05, 0.1) is 0 Å². The molecule has 1 heteroatoms. The van der Waals surface area contributed by atoms with Gasteiger partial charge in [-0.3, -0.25) is 0 Å². The zero-order valence-corrected chi connectivity index (χ0v) is 16.4. The van der Waals surface area contributed by atoms with E-state index in [0.717, 1.165) is 0 Å². The van der Waals surface area contributed by atoms with Crippen LogP contribution >= 0.6 is 0 Å². The molecule has 2 aromatic carbocycles. The fourth-order valence-corrected chi connectivity index (χ4v) is 3.12. The SMILES string of the molecule is CC.CC.Cc1cc2c(cc1C(C)(C)C)c1ccccc1n2C. The summed E-state index contributed by atoms with van der Waals surface area (Å²) in [6.07, 6.45) is 0. The topological polar surface area (TPSA) is 4.93 Å². The van der Waals surface area contributed by atoms with E-state index in [9.17, 15) is 0 Å². The first-order valence-corrected chi connectivity index (χ1v) is 8.88. The second kappa shape index (κ2) is 7.68. The number of nitrogens with zero attached hydrogens (tertiary/aromatic N) is 1. The van der Waals surface area contributed by atoms with Crippen molar-refractivity contribution >= 4 is 21.8 Å². The van der Waals surface area contributed by atoms with E-state index in [1.165, 1.54) is 32.9 Å². The average Bonchev–Trinajstić information content (AvgIpc) is 2.82. The summed E-state index contributed by atoms with van der Waals surface area (Å²) < 4.78 is 2.30. The van der Waals surface area contributed by atoms with E-state index in [-0.39, 0.29) is 5.41 Å². The van der Waals surface area contributed by atoms with Crippen LogP contribution in [-0.2, 0) is 12.5 Å². The van der Waals surface area contributed by atoms with Crippen molar-refractivity contribution in [2.24, 2.45) is 7.05 Å². The van der Waals surface area contributed by atoms with Crippen LogP contribution in [0.4, 0.5) is 0 Å². The van der Waals surface area contributed by atoms with Crippen LogP contribution in [0.5, 0.6) is 0 Å². The minimum atomic E-state index is 0.190. The van der Waals surface area contributed by atoms with E-state index in [0.29, 0.717) is 0 Å². The Morgan fingerprint density at radius 2 is 1.35 bits per heavy atom. The lowest BCUT2D eigenvalue weighted by atomic mass is 9.83. The minimum absolute atomic E-state index is 0.190. The first-order chi connectivity index (χ1) is 10.9. The zero-order valence-electron chi connectivity index (χ0n) is 16.4. The van der Waals surface area contributed by atoms with Gasteiger partial charge in [-0.25, -0.2) is 0 Å². The number of aromatic nitrogens is 1. The Kier molecular flexibility index (Phi) is 6.44. The molecule has 0 atom stereocenters. The van der Waals surface area contributed by atoms with Crippen LogP contribution in [0.1, 0.15) is 59.6 Å². The van der Waals surface area contributed by atoms with Crippen LogP contribution in [0.2, 0.25) is 0 Å². The van der Waals surface area contributed by atoms with Crippen molar-refractivity contribution in [1.29, 1.82) is 0 Å². The third kappa shape index (κ3) is 3.60. The first-order valence-electron chi connectivity index (χ1n) is 8.88. The molecule has 126 valence electrons. The molecule has 3 aromatic rings. The molecular weight excluding hydrogens is 278 g/mol. The summed E-state index contributed by atoms with van der Waals surface area (Å²) >= 11 is 0. The molecule has 0 saturated heterocycles. The molecule has 0 spiro atoms. The highest BCUT2D eigenvalue weighted by Crippen LogP contribution is 2.34. The zero-order chi connectivity index (χ0) is 17.8. The van der Waals surface area contributed by atoms with Crippen LogP contribution in [0.3, 0.4) is 0 Å². The molecule has 0 aliphatic carbocycles. The lowest BCUT2D eigenvalue weighted by Crippen LogP contribution is -2.12. The lowest BCUT2D eigenvalue weighted by molar-refractivity contribution is 0.587. The molecule has 0 N–H and O–H groups in total. The molecule has 0 unspecified atom stereocenters. The molecule has 0 bridgehead atoms. The number of para-hydroxylation sites is 1. The first kappa shape index (κ1) is 19.3. The Bertz CT molecular complexity index is 770. The highest BCUT2D eigenvalue weighted by molar-refractivity contribution is 6.08. The Hall–Kier alpha value is -1.76.